The molecule has 2 N–H and O–H groups in total. The lowest BCUT2D eigenvalue weighted by atomic mass is 9.62. The summed E-state index contributed by atoms with van der Waals surface area (Å²) in [7, 11) is 0. The van der Waals surface area contributed by atoms with E-state index in [1.54, 1.807) is 0 Å². The van der Waals surface area contributed by atoms with E-state index in [2.05, 4.69) is 11.9 Å². The van der Waals surface area contributed by atoms with Gasteiger partial charge in [0.2, 0.25) is 0 Å². The van der Waals surface area contributed by atoms with Gasteiger partial charge in [0.05, 0.1) is 5.92 Å². The number of carbonyl (C=O) groups is 2. The predicted octanol–water partition coefficient (Wildman–Crippen LogP) is 1.79. The van der Waals surface area contributed by atoms with Crippen molar-refractivity contribution >= 4 is 12.1 Å². The van der Waals surface area contributed by atoms with Crippen LogP contribution in [-0.4, -0.2) is 29.8 Å². The second kappa shape index (κ2) is 5.42. The van der Waals surface area contributed by atoms with Gasteiger partial charge in [0, 0.05) is 6.04 Å². The standard InChI is InChI=1S/C13H19NO4/c1-2-5-18-13(17)14-11-7-8-3-4-9(11)6-10(8)12(15)16/h2,8-11H,1,3-7H2,(H,14,17)(H,15,16). The summed E-state index contributed by atoms with van der Waals surface area (Å²) >= 11 is 0. The Bertz CT molecular complexity index is 355. The average molecular weight is 253 g/mol. The Kier molecular flexibility index (Phi) is 3.89. The topological polar surface area (TPSA) is 75.6 Å². The summed E-state index contributed by atoms with van der Waals surface area (Å²) in [5.41, 5.74) is 0. The number of amides is 1. The van der Waals surface area contributed by atoms with Crippen LogP contribution in [0.3, 0.4) is 0 Å². The van der Waals surface area contributed by atoms with Crippen molar-refractivity contribution in [2.45, 2.75) is 31.7 Å². The minimum atomic E-state index is -0.697. The highest BCUT2D eigenvalue weighted by Gasteiger charge is 2.45. The van der Waals surface area contributed by atoms with E-state index >= 15 is 0 Å². The molecule has 3 fully saturated rings. The van der Waals surface area contributed by atoms with Gasteiger partial charge in [-0.2, -0.15) is 0 Å². The second-order valence-electron chi connectivity index (χ2n) is 5.15. The molecule has 3 rings (SSSR count). The van der Waals surface area contributed by atoms with Crippen LogP contribution in [0.25, 0.3) is 0 Å². The molecule has 0 aromatic rings. The maximum absolute atomic E-state index is 11.5. The van der Waals surface area contributed by atoms with Crippen LogP contribution >= 0.6 is 0 Å². The number of fused-ring (bicyclic) bond motifs is 3. The molecule has 0 aromatic carbocycles. The van der Waals surface area contributed by atoms with E-state index in [1.165, 1.54) is 6.08 Å². The van der Waals surface area contributed by atoms with Crippen molar-refractivity contribution in [1.82, 2.24) is 5.32 Å². The molecule has 18 heavy (non-hydrogen) atoms. The molecule has 1 amide bonds. The number of rotatable bonds is 4. The fourth-order valence-electron chi connectivity index (χ4n) is 3.24. The lowest BCUT2D eigenvalue weighted by Gasteiger charge is -2.45. The first-order chi connectivity index (χ1) is 8.61. The van der Waals surface area contributed by atoms with Gasteiger partial charge in [-0.3, -0.25) is 4.79 Å². The molecule has 5 heteroatoms. The fraction of sp³-hybridized carbons (Fsp3) is 0.692. The lowest BCUT2D eigenvalue weighted by molar-refractivity contribution is -0.148. The van der Waals surface area contributed by atoms with Crippen molar-refractivity contribution < 1.29 is 19.4 Å². The highest BCUT2D eigenvalue weighted by Crippen LogP contribution is 2.45. The van der Waals surface area contributed by atoms with E-state index in [-0.39, 0.29) is 30.4 Å². The fourth-order valence-corrected chi connectivity index (χ4v) is 3.24. The van der Waals surface area contributed by atoms with E-state index < -0.39 is 12.1 Å². The highest BCUT2D eigenvalue weighted by molar-refractivity contribution is 5.71. The number of carboxylic acids is 1. The Balaban J connectivity index is 1.88. The molecule has 0 saturated heterocycles. The van der Waals surface area contributed by atoms with Crippen LogP contribution in [0.15, 0.2) is 12.7 Å². The van der Waals surface area contributed by atoms with Crippen molar-refractivity contribution in [2.24, 2.45) is 17.8 Å². The summed E-state index contributed by atoms with van der Waals surface area (Å²) in [5.74, 6) is -0.465. The van der Waals surface area contributed by atoms with Gasteiger partial charge in [-0.15, -0.1) is 0 Å². The Morgan fingerprint density at radius 1 is 1.33 bits per heavy atom. The minimum absolute atomic E-state index is 0.0664. The molecular formula is C13H19NO4. The molecule has 0 aromatic heterocycles. The van der Waals surface area contributed by atoms with Crippen LogP contribution in [0.2, 0.25) is 0 Å². The SMILES string of the molecule is C=CCOC(=O)NC1CC2CCC1CC2C(=O)O. The number of aliphatic carboxylic acids is 1. The number of nitrogens with one attached hydrogen (secondary N) is 1. The van der Waals surface area contributed by atoms with Crippen molar-refractivity contribution in [3.05, 3.63) is 12.7 Å². The Morgan fingerprint density at radius 3 is 2.61 bits per heavy atom. The highest BCUT2D eigenvalue weighted by atomic mass is 16.5. The molecular weight excluding hydrogens is 234 g/mol. The van der Waals surface area contributed by atoms with Crippen LogP contribution in [0, 0.1) is 17.8 Å². The van der Waals surface area contributed by atoms with Crippen LogP contribution in [0.4, 0.5) is 4.79 Å². The number of carbonyl (C=O) groups excluding carboxylic acids is 1. The monoisotopic (exact) mass is 253 g/mol. The number of alkyl carbamates (subject to hydrolysis) is 1. The van der Waals surface area contributed by atoms with Gasteiger partial charge >= 0.3 is 12.1 Å². The third-order valence-electron chi connectivity index (χ3n) is 4.11. The number of hydrogen-bond acceptors (Lipinski definition) is 3. The second-order valence-corrected chi connectivity index (χ2v) is 5.15. The quantitative estimate of drug-likeness (QED) is 0.749. The predicted molar refractivity (Wildman–Crippen MR) is 65.0 cm³/mol. The lowest BCUT2D eigenvalue weighted by Crippen LogP contribution is -2.51. The number of carboxylic acid groups (broad SMARTS) is 1. The molecule has 0 spiro atoms. The molecule has 100 valence electrons. The molecule has 3 saturated carbocycles. The number of ether oxygens (including phenoxy) is 1. The molecule has 5 nitrogen and oxygen atoms in total. The summed E-state index contributed by atoms with van der Waals surface area (Å²) in [6.45, 7) is 3.68. The maximum Gasteiger partial charge on any atom is 0.407 e. The zero-order valence-corrected chi connectivity index (χ0v) is 10.3. The van der Waals surface area contributed by atoms with Gasteiger partial charge in [0.1, 0.15) is 6.61 Å². The molecule has 0 aliphatic heterocycles. The first-order valence-corrected chi connectivity index (χ1v) is 6.38. The van der Waals surface area contributed by atoms with Crippen molar-refractivity contribution in [2.75, 3.05) is 6.61 Å². The van der Waals surface area contributed by atoms with Crippen LogP contribution in [0.5, 0.6) is 0 Å². The summed E-state index contributed by atoms with van der Waals surface area (Å²) in [6.07, 6.45) is 4.48. The van der Waals surface area contributed by atoms with Gasteiger partial charge in [0.25, 0.3) is 0 Å². The molecule has 3 aliphatic carbocycles. The molecule has 0 heterocycles. The first kappa shape index (κ1) is 12.9. The molecule has 2 bridgehead atoms. The summed E-state index contributed by atoms with van der Waals surface area (Å²) in [4.78, 5) is 22.6. The third-order valence-corrected chi connectivity index (χ3v) is 4.11. The smallest absolute Gasteiger partial charge is 0.407 e. The third kappa shape index (κ3) is 2.66. The van der Waals surface area contributed by atoms with Gasteiger partial charge < -0.3 is 15.2 Å². The van der Waals surface area contributed by atoms with Crippen LogP contribution < -0.4 is 5.32 Å². The summed E-state index contributed by atoms with van der Waals surface area (Å²) < 4.78 is 4.89. The van der Waals surface area contributed by atoms with E-state index in [1.807, 2.05) is 0 Å². The molecule has 4 unspecified atom stereocenters. The van der Waals surface area contributed by atoms with Crippen molar-refractivity contribution in [3.63, 3.8) is 0 Å². The maximum atomic E-state index is 11.5. The van der Waals surface area contributed by atoms with E-state index in [9.17, 15) is 9.59 Å². The zero-order valence-electron chi connectivity index (χ0n) is 10.3. The van der Waals surface area contributed by atoms with Gasteiger partial charge in [-0.1, -0.05) is 12.7 Å². The Labute approximate surface area is 106 Å². The molecule has 0 radical (unpaired) electrons. The molecule has 4 atom stereocenters. The van der Waals surface area contributed by atoms with E-state index in [0.717, 1.165) is 19.3 Å². The average Bonchev–Trinajstić information content (AvgIpc) is 2.37. The normalized spacial score (nSPS) is 33.8. The van der Waals surface area contributed by atoms with E-state index in [4.69, 9.17) is 9.84 Å². The first-order valence-electron chi connectivity index (χ1n) is 6.38. The van der Waals surface area contributed by atoms with Gasteiger partial charge in [-0.05, 0) is 37.5 Å². The van der Waals surface area contributed by atoms with Gasteiger partial charge in [0.15, 0.2) is 0 Å². The zero-order chi connectivity index (χ0) is 13.1. The summed E-state index contributed by atoms with van der Waals surface area (Å²) in [5, 5.41) is 12.0. The Morgan fingerprint density at radius 2 is 2.06 bits per heavy atom. The van der Waals surface area contributed by atoms with Crippen molar-refractivity contribution in [3.8, 4) is 0 Å². The van der Waals surface area contributed by atoms with Gasteiger partial charge in [-0.25, -0.2) is 4.79 Å². The van der Waals surface area contributed by atoms with Crippen LogP contribution in [-0.2, 0) is 9.53 Å². The number of hydrogen-bond donors (Lipinski definition) is 2. The van der Waals surface area contributed by atoms with Crippen LogP contribution in [0.1, 0.15) is 25.7 Å². The minimum Gasteiger partial charge on any atom is -0.481 e. The molecule has 3 aliphatic rings. The van der Waals surface area contributed by atoms with E-state index in [0.29, 0.717) is 6.42 Å². The van der Waals surface area contributed by atoms with Crippen molar-refractivity contribution in [1.29, 1.82) is 0 Å². The largest absolute Gasteiger partial charge is 0.481 e. The summed E-state index contributed by atoms with van der Waals surface area (Å²) in [6, 6.07) is 0.0664. The Hall–Kier alpha value is -1.52.